The number of aryl methyl sites for hydroxylation is 2. The molecule has 1 N–H and O–H groups in total. The Morgan fingerprint density at radius 2 is 1.76 bits per heavy atom. The van der Waals surface area contributed by atoms with Crippen molar-refractivity contribution in [3.63, 3.8) is 0 Å². The zero-order valence-electron chi connectivity index (χ0n) is 17.9. The average Bonchev–Trinajstić information content (AvgIpc) is 3.14. The van der Waals surface area contributed by atoms with E-state index in [4.69, 9.17) is 15.0 Å². The molecule has 0 unspecified atom stereocenters. The van der Waals surface area contributed by atoms with Gasteiger partial charge in [0.25, 0.3) is 0 Å². The lowest BCUT2D eigenvalue weighted by atomic mass is 9.95. The first-order valence-electron chi connectivity index (χ1n) is 11.0. The molecule has 0 bridgehead atoms. The number of nitrogens with one attached hydrogen (secondary N) is 1. The van der Waals surface area contributed by atoms with E-state index in [1.807, 2.05) is 0 Å². The number of fused-ring (bicyclic) bond motifs is 1. The van der Waals surface area contributed by atoms with Crippen LogP contribution in [0, 0.1) is 12.8 Å². The fourth-order valence-electron chi connectivity index (χ4n) is 4.27. The SMILES string of the molecule is CCN(CC)c1nc(C)c2nc(-c3ccccc3)n(CCC3CCNCC3)c2n1. The number of piperidine rings is 1. The van der Waals surface area contributed by atoms with Gasteiger partial charge in [-0.15, -0.1) is 0 Å². The first-order valence-corrected chi connectivity index (χ1v) is 11.0. The van der Waals surface area contributed by atoms with Gasteiger partial charge in [-0.1, -0.05) is 30.3 Å². The molecule has 0 aliphatic carbocycles. The molecule has 0 atom stereocenters. The van der Waals surface area contributed by atoms with Gasteiger partial charge in [0, 0.05) is 25.2 Å². The topological polar surface area (TPSA) is 58.9 Å². The molecule has 3 aromatic rings. The molecule has 154 valence electrons. The average molecular weight is 393 g/mol. The summed E-state index contributed by atoms with van der Waals surface area (Å²) in [4.78, 5) is 17.0. The van der Waals surface area contributed by atoms with Gasteiger partial charge >= 0.3 is 0 Å². The number of hydrogen-bond donors (Lipinski definition) is 1. The molecule has 2 aromatic heterocycles. The molecule has 1 aliphatic heterocycles. The highest BCUT2D eigenvalue weighted by Crippen LogP contribution is 2.28. The fourth-order valence-corrected chi connectivity index (χ4v) is 4.27. The summed E-state index contributed by atoms with van der Waals surface area (Å²) >= 11 is 0. The zero-order chi connectivity index (χ0) is 20.2. The molecule has 29 heavy (non-hydrogen) atoms. The van der Waals surface area contributed by atoms with E-state index in [1.54, 1.807) is 0 Å². The summed E-state index contributed by atoms with van der Waals surface area (Å²) in [7, 11) is 0. The summed E-state index contributed by atoms with van der Waals surface area (Å²) < 4.78 is 2.33. The molecule has 1 aromatic carbocycles. The molecule has 3 heterocycles. The number of nitrogens with zero attached hydrogens (tertiary/aromatic N) is 5. The molecule has 1 aliphatic rings. The highest BCUT2D eigenvalue weighted by atomic mass is 15.3. The molecular weight excluding hydrogens is 360 g/mol. The Kier molecular flexibility index (Phi) is 6.09. The third-order valence-electron chi connectivity index (χ3n) is 6.06. The Morgan fingerprint density at radius 1 is 1.03 bits per heavy atom. The number of rotatable bonds is 7. The summed E-state index contributed by atoms with van der Waals surface area (Å²) in [5.74, 6) is 2.58. The van der Waals surface area contributed by atoms with E-state index in [0.717, 1.165) is 79.3 Å². The molecule has 4 rings (SSSR count). The largest absolute Gasteiger partial charge is 0.341 e. The van der Waals surface area contributed by atoms with E-state index in [1.165, 1.54) is 12.8 Å². The van der Waals surface area contributed by atoms with Crippen molar-refractivity contribution in [1.29, 1.82) is 0 Å². The molecule has 6 nitrogen and oxygen atoms in total. The molecule has 0 amide bonds. The van der Waals surface area contributed by atoms with Gasteiger partial charge in [0.15, 0.2) is 5.65 Å². The number of benzene rings is 1. The predicted octanol–water partition coefficient (Wildman–Crippen LogP) is 4.04. The Hall–Kier alpha value is -2.47. The molecule has 0 spiro atoms. The van der Waals surface area contributed by atoms with Crippen LogP contribution in [-0.2, 0) is 6.54 Å². The summed E-state index contributed by atoms with van der Waals surface area (Å²) in [6.45, 7) is 11.4. The predicted molar refractivity (Wildman–Crippen MR) is 119 cm³/mol. The summed E-state index contributed by atoms with van der Waals surface area (Å²) in [6.07, 6.45) is 3.68. The smallest absolute Gasteiger partial charge is 0.227 e. The highest BCUT2D eigenvalue weighted by Gasteiger charge is 2.20. The first-order chi connectivity index (χ1) is 14.2. The van der Waals surface area contributed by atoms with Crippen molar-refractivity contribution in [3.8, 4) is 11.4 Å². The third kappa shape index (κ3) is 4.13. The minimum Gasteiger partial charge on any atom is -0.341 e. The first kappa shape index (κ1) is 19.8. The molecule has 1 saturated heterocycles. The van der Waals surface area contributed by atoms with Gasteiger partial charge in [0.1, 0.15) is 11.3 Å². The minimum atomic E-state index is 0.766. The number of anilines is 1. The lowest BCUT2D eigenvalue weighted by molar-refractivity contribution is 0.339. The zero-order valence-corrected chi connectivity index (χ0v) is 17.9. The second-order valence-corrected chi connectivity index (χ2v) is 7.89. The van der Waals surface area contributed by atoms with Crippen molar-refractivity contribution >= 4 is 17.1 Å². The lowest BCUT2D eigenvalue weighted by Crippen LogP contribution is -2.28. The van der Waals surface area contributed by atoms with Crippen LogP contribution >= 0.6 is 0 Å². The maximum Gasteiger partial charge on any atom is 0.227 e. The van der Waals surface area contributed by atoms with Gasteiger partial charge in [-0.2, -0.15) is 4.98 Å². The monoisotopic (exact) mass is 392 g/mol. The Bertz CT molecular complexity index is 939. The van der Waals surface area contributed by atoms with Crippen molar-refractivity contribution < 1.29 is 0 Å². The van der Waals surface area contributed by atoms with E-state index in [9.17, 15) is 0 Å². The molecule has 6 heteroatoms. The quantitative estimate of drug-likeness (QED) is 0.658. The molecule has 0 radical (unpaired) electrons. The van der Waals surface area contributed by atoms with Crippen LogP contribution in [0.2, 0.25) is 0 Å². The van der Waals surface area contributed by atoms with Crippen LogP contribution in [-0.4, -0.2) is 45.7 Å². The van der Waals surface area contributed by atoms with Crippen LogP contribution in [0.5, 0.6) is 0 Å². The van der Waals surface area contributed by atoms with Crippen molar-refractivity contribution in [2.24, 2.45) is 5.92 Å². The van der Waals surface area contributed by atoms with Gasteiger partial charge in [0.05, 0.1) is 5.69 Å². The number of aromatic nitrogens is 4. The van der Waals surface area contributed by atoms with Crippen LogP contribution < -0.4 is 10.2 Å². The fraction of sp³-hybridized carbons (Fsp3) is 0.522. The summed E-state index contributed by atoms with van der Waals surface area (Å²) in [6, 6.07) is 10.5. The molecule has 0 saturated carbocycles. The lowest BCUT2D eigenvalue weighted by Gasteiger charge is -2.23. The van der Waals surface area contributed by atoms with Crippen LogP contribution in [0.4, 0.5) is 5.95 Å². The second kappa shape index (κ2) is 8.91. The van der Waals surface area contributed by atoms with Crippen LogP contribution in [0.25, 0.3) is 22.6 Å². The summed E-state index contributed by atoms with van der Waals surface area (Å²) in [5.41, 5.74) is 3.98. The van der Waals surface area contributed by atoms with Crippen molar-refractivity contribution in [2.45, 2.75) is 46.6 Å². The normalized spacial score (nSPS) is 15.1. The van der Waals surface area contributed by atoms with Gasteiger partial charge in [-0.05, 0) is 59.0 Å². The van der Waals surface area contributed by atoms with Crippen molar-refractivity contribution in [3.05, 3.63) is 36.0 Å². The van der Waals surface area contributed by atoms with Gasteiger partial charge in [0.2, 0.25) is 5.95 Å². The standard InChI is InChI=1S/C23H32N6/c1-4-28(5-2)23-25-17(3)20-22(27-23)29(16-13-18-11-14-24-15-12-18)21(26-20)19-9-7-6-8-10-19/h6-10,18,24H,4-5,11-16H2,1-3H3. The van der Waals surface area contributed by atoms with E-state index >= 15 is 0 Å². The van der Waals surface area contributed by atoms with Crippen molar-refractivity contribution in [2.75, 3.05) is 31.1 Å². The van der Waals surface area contributed by atoms with Gasteiger partial charge < -0.3 is 14.8 Å². The van der Waals surface area contributed by atoms with Gasteiger partial charge in [-0.3, -0.25) is 0 Å². The number of hydrogen-bond acceptors (Lipinski definition) is 5. The van der Waals surface area contributed by atoms with Crippen LogP contribution in [0.15, 0.2) is 30.3 Å². The molecule has 1 fully saturated rings. The maximum absolute atomic E-state index is 5.01. The van der Waals surface area contributed by atoms with E-state index in [0.29, 0.717) is 0 Å². The maximum atomic E-state index is 5.01. The van der Waals surface area contributed by atoms with Gasteiger partial charge in [-0.25, -0.2) is 9.97 Å². The van der Waals surface area contributed by atoms with E-state index in [2.05, 4.69) is 65.9 Å². The minimum absolute atomic E-state index is 0.766. The van der Waals surface area contributed by atoms with Crippen LogP contribution in [0.3, 0.4) is 0 Å². The summed E-state index contributed by atoms with van der Waals surface area (Å²) in [5, 5.41) is 3.47. The van der Waals surface area contributed by atoms with Crippen molar-refractivity contribution in [1.82, 2.24) is 24.8 Å². The number of imidazole rings is 1. The Balaban J connectivity index is 1.78. The highest BCUT2D eigenvalue weighted by molar-refractivity contribution is 5.80. The van der Waals surface area contributed by atoms with Crippen LogP contribution in [0.1, 0.15) is 38.8 Å². The van der Waals surface area contributed by atoms with E-state index in [-0.39, 0.29) is 0 Å². The Labute approximate surface area is 173 Å². The molecular formula is C23H32N6. The van der Waals surface area contributed by atoms with E-state index < -0.39 is 0 Å². The Morgan fingerprint density at radius 3 is 2.45 bits per heavy atom. The third-order valence-corrected chi connectivity index (χ3v) is 6.06. The second-order valence-electron chi connectivity index (χ2n) is 7.89.